The van der Waals surface area contributed by atoms with Crippen LogP contribution in [0, 0.1) is 5.41 Å². The average Bonchev–Trinajstić information content (AvgIpc) is 2.77. The summed E-state index contributed by atoms with van der Waals surface area (Å²) in [6.45, 7) is 2.59. The summed E-state index contributed by atoms with van der Waals surface area (Å²) in [7, 11) is 3.04. The predicted molar refractivity (Wildman–Crippen MR) is 112 cm³/mol. The van der Waals surface area contributed by atoms with E-state index < -0.39 is 29.2 Å². The van der Waals surface area contributed by atoms with E-state index in [2.05, 4.69) is 14.7 Å². The molecular weight excluding hydrogens is 429 g/mol. The number of carbonyl (C=O) groups excluding carboxylic acids is 1. The van der Waals surface area contributed by atoms with Crippen molar-refractivity contribution in [1.29, 1.82) is 5.41 Å². The Morgan fingerprint density at radius 2 is 1.97 bits per heavy atom. The van der Waals surface area contributed by atoms with Gasteiger partial charge < -0.3 is 19.5 Å². The highest BCUT2D eigenvalue weighted by Crippen LogP contribution is 2.35. The van der Waals surface area contributed by atoms with Crippen molar-refractivity contribution in [3.8, 4) is 11.5 Å². The van der Waals surface area contributed by atoms with Crippen molar-refractivity contribution in [3.05, 3.63) is 41.3 Å². The lowest BCUT2D eigenvalue weighted by atomic mass is 10.00. The standard InChI is InChI=1S/C21H25F3N4O4/c1-4-6-13-16(8-7-14(18(13)29)19(25)21(22,23)24)32-10-5-9-28(2)17-12-26-15(11-27-17)20(30)31-3/h7-8,11-12,25,29H,4-6,9-10H2,1-3H3. The first-order valence-electron chi connectivity index (χ1n) is 9.85. The number of phenols is 1. The van der Waals surface area contributed by atoms with E-state index in [9.17, 15) is 23.1 Å². The normalized spacial score (nSPS) is 11.2. The molecule has 0 aliphatic heterocycles. The zero-order valence-corrected chi connectivity index (χ0v) is 18.0. The smallest absolute Gasteiger partial charge is 0.433 e. The Morgan fingerprint density at radius 3 is 2.53 bits per heavy atom. The van der Waals surface area contributed by atoms with Crippen LogP contribution in [-0.4, -0.2) is 60.2 Å². The number of halogens is 3. The molecule has 32 heavy (non-hydrogen) atoms. The number of methoxy groups -OCH3 is 1. The number of rotatable bonds is 10. The minimum Gasteiger partial charge on any atom is -0.507 e. The number of carbonyl (C=O) groups is 1. The molecular formula is C21H25F3N4O4. The second kappa shape index (κ2) is 10.8. The van der Waals surface area contributed by atoms with E-state index in [0.717, 1.165) is 6.07 Å². The molecule has 0 bridgehead atoms. The molecule has 1 heterocycles. The largest absolute Gasteiger partial charge is 0.507 e. The van der Waals surface area contributed by atoms with Gasteiger partial charge in [0.05, 0.1) is 26.1 Å². The van der Waals surface area contributed by atoms with Gasteiger partial charge in [-0.2, -0.15) is 13.2 Å². The first kappa shape index (κ1) is 24.9. The van der Waals surface area contributed by atoms with Crippen LogP contribution in [0.3, 0.4) is 0 Å². The fourth-order valence-electron chi connectivity index (χ4n) is 2.93. The van der Waals surface area contributed by atoms with Gasteiger partial charge >= 0.3 is 12.1 Å². The highest BCUT2D eigenvalue weighted by atomic mass is 19.4. The predicted octanol–water partition coefficient (Wildman–Crippen LogP) is 3.76. The van der Waals surface area contributed by atoms with Crippen LogP contribution in [-0.2, 0) is 11.2 Å². The van der Waals surface area contributed by atoms with Crippen molar-refractivity contribution >= 4 is 17.5 Å². The Hall–Kier alpha value is -3.37. The number of alkyl halides is 3. The van der Waals surface area contributed by atoms with E-state index in [0.29, 0.717) is 31.6 Å². The number of aromatic nitrogens is 2. The molecule has 1 aromatic carbocycles. The van der Waals surface area contributed by atoms with Crippen LogP contribution >= 0.6 is 0 Å². The quantitative estimate of drug-likeness (QED) is 0.320. The molecule has 174 valence electrons. The van der Waals surface area contributed by atoms with E-state index in [1.165, 1.54) is 25.6 Å². The van der Waals surface area contributed by atoms with Crippen molar-refractivity contribution in [2.45, 2.75) is 32.4 Å². The monoisotopic (exact) mass is 454 g/mol. The van der Waals surface area contributed by atoms with Gasteiger partial charge in [0.2, 0.25) is 0 Å². The van der Waals surface area contributed by atoms with Gasteiger partial charge in [0, 0.05) is 24.7 Å². The fraction of sp³-hybridized carbons (Fsp3) is 0.429. The van der Waals surface area contributed by atoms with Crippen molar-refractivity contribution in [1.82, 2.24) is 9.97 Å². The summed E-state index contributed by atoms with van der Waals surface area (Å²) in [5, 5.41) is 17.6. The molecule has 0 amide bonds. The number of hydrogen-bond acceptors (Lipinski definition) is 8. The van der Waals surface area contributed by atoms with E-state index in [4.69, 9.17) is 10.1 Å². The zero-order valence-electron chi connectivity index (χ0n) is 18.0. The third-order valence-electron chi connectivity index (χ3n) is 4.61. The number of esters is 1. The minimum atomic E-state index is -4.86. The van der Waals surface area contributed by atoms with Crippen molar-refractivity contribution in [2.75, 3.05) is 32.2 Å². The first-order chi connectivity index (χ1) is 15.1. The van der Waals surface area contributed by atoms with Gasteiger partial charge in [0.25, 0.3) is 0 Å². The van der Waals surface area contributed by atoms with E-state index in [-0.39, 0.29) is 23.6 Å². The summed E-state index contributed by atoms with van der Waals surface area (Å²) in [5.41, 5.74) is -1.82. The van der Waals surface area contributed by atoms with E-state index in [1.807, 2.05) is 6.92 Å². The van der Waals surface area contributed by atoms with Gasteiger partial charge in [-0.25, -0.2) is 14.8 Å². The molecule has 2 N–H and O–H groups in total. The summed E-state index contributed by atoms with van der Waals surface area (Å²) in [4.78, 5) is 21.4. The van der Waals surface area contributed by atoms with Crippen LogP contribution in [0.2, 0.25) is 0 Å². The molecule has 11 heteroatoms. The third kappa shape index (κ3) is 6.08. The second-order valence-electron chi connectivity index (χ2n) is 6.94. The summed E-state index contributed by atoms with van der Waals surface area (Å²) >= 11 is 0. The number of benzene rings is 1. The van der Waals surface area contributed by atoms with Crippen LogP contribution in [0.1, 0.15) is 41.4 Å². The number of phenolic OH excluding ortho intramolecular Hbond substituents is 1. The van der Waals surface area contributed by atoms with Crippen LogP contribution in [0.5, 0.6) is 11.5 Å². The highest BCUT2D eigenvalue weighted by Gasteiger charge is 2.37. The number of anilines is 1. The summed E-state index contributed by atoms with van der Waals surface area (Å²) in [6, 6.07) is 2.39. The molecule has 2 rings (SSSR count). The molecule has 0 fully saturated rings. The lowest BCUT2D eigenvalue weighted by molar-refractivity contribution is -0.0588. The van der Waals surface area contributed by atoms with Crippen molar-refractivity contribution in [2.24, 2.45) is 0 Å². The molecule has 0 saturated heterocycles. The number of nitrogens with one attached hydrogen (secondary N) is 1. The number of ether oxygens (including phenoxy) is 2. The summed E-state index contributed by atoms with van der Waals surface area (Å²) < 4.78 is 48.9. The molecule has 0 aliphatic carbocycles. The number of nitrogens with zero attached hydrogens (tertiary/aromatic N) is 3. The van der Waals surface area contributed by atoms with Crippen LogP contribution in [0.4, 0.5) is 19.0 Å². The first-order valence-corrected chi connectivity index (χ1v) is 9.85. The summed E-state index contributed by atoms with van der Waals surface area (Å²) in [6.07, 6.45) is -0.667. The fourth-order valence-corrected chi connectivity index (χ4v) is 2.93. The van der Waals surface area contributed by atoms with Gasteiger partial charge in [-0.05, 0) is 25.0 Å². The van der Waals surface area contributed by atoms with Gasteiger partial charge in [0.15, 0.2) is 5.69 Å². The lowest BCUT2D eigenvalue weighted by Crippen LogP contribution is -2.23. The Morgan fingerprint density at radius 1 is 1.25 bits per heavy atom. The van der Waals surface area contributed by atoms with Crippen LogP contribution < -0.4 is 9.64 Å². The molecule has 2 aromatic rings. The maximum absolute atomic E-state index is 12.9. The van der Waals surface area contributed by atoms with Gasteiger partial charge in [-0.1, -0.05) is 13.3 Å². The van der Waals surface area contributed by atoms with Crippen LogP contribution in [0.15, 0.2) is 24.5 Å². The third-order valence-corrected chi connectivity index (χ3v) is 4.61. The van der Waals surface area contributed by atoms with Gasteiger partial charge in [-0.3, -0.25) is 5.41 Å². The highest BCUT2D eigenvalue weighted by molar-refractivity contribution is 6.04. The maximum Gasteiger partial charge on any atom is 0.433 e. The second-order valence-corrected chi connectivity index (χ2v) is 6.94. The molecule has 0 unspecified atom stereocenters. The van der Waals surface area contributed by atoms with Gasteiger partial charge in [0.1, 0.15) is 23.0 Å². The SMILES string of the molecule is CCCc1c(OCCCN(C)c2cnc(C(=O)OC)cn2)ccc(C(=N)C(F)(F)F)c1O. The Labute approximate surface area is 183 Å². The van der Waals surface area contributed by atoms with Crippen molar-refractivity contribution < 1.29 is 32.5 Å². The average molecular weight is 454 g/mol. The van der Waals surface area contributed by atoms with Crippen molar-refractivity contribution in [3.63, 3.8) is 0 Å². The topological polar surface area (TPSA) is 109 Å². The number of aromatic hydroxyl groups is 1. The molecule has 0 atom stereocenters. The molecule has 1 aromatic heterocycles. The molecule has 0 aliphatic rings. The maximum atomic E-state index is 12.9. The Bertz CT molecular complexity index is 949. The van der Waals surface area contributed by atoms with Crippen LogP contribution in [0.25, 0.3) is 0 Å². The van der Waals surface area contributed by atoms with Gasteiger partial charge in [-0.15, -0.1) is 0 Å². The van der Waals surface area contributed by atoms with E-state index in [1.54, 1.807) is 11.9 Å². The molecule has 0 radical (unpaired) electrons. The number of hydrogen-bond donors (Lipinski definition) is 2. The minimum absolute atomic E-state index is 0.0956. The molecule has 0 saturated carbocycles. The molecule has 0 spiro atoms. The molecule has 8 nitrogen and oxygen atoms in total. The Balaban J connectivity index is 2.00. The van der Waals surface area contributed by atoms with E-state index >= 15 is 0 Å². The zero-order chi connectivity index (χ0) is 23.9. The Kier molecular flexibility index (Phi) is 8.39. The summed E-state index contributed by atoms with van der Waals surface area (Å²) in [5.74, 6) is -0.336. The lowest BCUT2D eigenvalue weighted by Gasteiger charge is -2.19.